The first kappa shape index (κ1) is 87.7. The van der Waals surface area contributed by atoms with E-state index in [0.717, 1.165) is 77.4 Å². The SMILES string of the molecule is Cn1c(=O)c(C(=O)c2ccccc2)c2c3c(c(Nc4ccc(S(=O)(=O)O)c(Nc5nc(NCCNc6nc(Nc7cc(Nc8ccc9c%10c8C(=O)c8ccccc8-c%10c(C(=O)c8cccc(S(=O)(=O)O)c8)c(=O)n9C)c(S(=O)(=O)O)cc7CS(=O)(=O)O)nc(Oc7cc(OC=O)cc(C(=O)O)c7)n6)nc(Oc6cc(OC=O)cc(C(=O)O)c6)n5)c4)ccc31)C(=O)c1ccccc1-2. The van der Waals surface area contributed by atoms with Gasteiger partial charge in [0.05, 0.1) is 72.1 Å². The molecule has 660 valence electrons. The van der Waals surface area contributed by atoms with Crippen LogP contribution < -0.4 is 62.0 Å². The lowest BCUT2D eigenvalue weighted by atomic mass is 9.80. The molecule has 131 heavy (non-hydrogen) atoms. The Morgan fingerprint density at radius 1 is 0.397 bits per heavy atom. The molecule has 2 aliphatic carbocycles. The van der Waals surface area contributed by atoms with Gasteiger partial charge in [0.1, 0.15) is 38.5 Å². The summed E-state index contributed by atoms with van der Waals surface area (Å²) in [5.41, 5.74) is -6.07. The molecular weight excluding hydrogens is 1790 g/mol. The number of aromatic carboxylic acids is 2. The maximum Gasteiger partial charge on any atom is 0.335 e. The topological polar surface area (TPSA) is 625 Å². The van der Waals surface area contributed by atoms with Crippen LogP contribution in [0.25, 0.3) is 44.1 Å². The van der Waals surface area contributed by atoms with E-state index < -0.39 is 200 Å². The van der Waals surface area contributed by atoms with Crippen molar-refractivity contribution in [1.29, 1.82) is 0 Å². The molecule has 46 heteroatoms. The van der Waals surface area contributed by atoms with Gasteiger partial charge in [0, 0.05) is 94.8 Å². The molecule has 0 bridgehead atoms. The lowest BCUT2D eigenvalue weighted by Gasteiger charge is -2.26. The van der Waals surface area contributed by atoms with Crippen LogP contribution in [0.1, 0.15) is 90.0 Å². The van der Waals surface area contributed by atoms with Gasteiger partial charge < -0.3 is 70.2 Å². The number of nitrogens with one attached hydrogen (secondary N) is 6. The Morgan fingerprint density at radius 2 is 0.840 bits per heavy atom. The van der Waals surface area contributed by atoms with E-state index in [4.69, 9.17) is 18.9 Å². The van der Waals surface area contributed by atoms with Crippen molar-refractivity contribution in [1.82, 2.24) is 39.0 Å². The molecule has 0 aliphatic heterocycles. The van der Waals surface area contributed by atoms with Gasteiger partial charge in [-0.2, -0.15) is 63.6 Å². The highest BCUT2D eigenvalue weighted by Gasteiger charge is 2.38. The van der Waals surface area contributed by atoms with Crippen LogP contribution in [0.4, 0.5) is 57.9 Å². The fraction of sp³-hybridized carbons (Fsp3) is 0.0588. The lowest BCUT2D eigenvalue weighted by molar-refractivity contribution is -0.121. The predicted octanol–water partition coefficient (Wildman–Crippen LogP) is 10.3. The van der Waals surface area contributed by atoms with Gasteiger partial charge >= 0.3 is 24.0 Å². The number of hydrogen-bond donors (Lipinski definition) is 12. The molecule has 4 heterocycles. The van der Waals surface area contributed by atoms with Gasteiger partial charge in [0.2, 0.25) is 23.8 Å². The van der Waals surface area contributed by atoms with Crippen LogP contribution in [0.5, 0.6) is 35.0 Å². The molecule has 4 aromatic heterocycles. The molecule has 0 saturated heterocycles. The highest BCUT2D eigenvalue weighted by atomic mass is 32.2. The summed E-state index contributed by atoms with van der Waals surface area (Å²) >= 11 is 0. The molecule has 2 aliphatic rings. The summed E-state index contributed by atoms with van der Waals surface area (Å²) in [5.74, 6) is -11.5. The molecule has 14 aromatic rings. The van der Waals surface area contributed by atoms with E-state index in [-0.39, 0.29) is 126 Å². The van der Waals surface area contributed by atoms with Crippen molar-refractivity contribution in [2.45, 2.75) is 20.4 Å². The summed E-state index contributed by atoms with van der Waals surface area (Å²) < 4.78 is 171. The molecule has 0 spiro atoms. The number of ether oxygens (including phenoxy) is 4. The number of hydrogen-bond acceptors (Lipinski definition) is 34. The first-order valence-corrected chi connectivity index (χ1v) is 43.7. The van der Waals surface area contributed by atoms with Crippen molar-refractivity contribution < 1.29 is 119 Å². The number of aromatic nitrogens is 8. The van der Waals surface area contributed by atoms with Gasteiger partial charge in [-0.1, -0.05) is 91.0 Å². The first-order chi connectivity index (χ1) is 62.3. The van der Waals surface area contributed by atoms with Gasteiger partial charge in [-0.05, 0) is 108 Å². The number of aryl methyl sites for hydroxylation is 2. The van der Waals surface area contributed by atoms with Crippen LogP contribution in [0, 0.1) is 0 Å². The van der Waals surface area contributed by atoms with E-state index in [2.05, 4.69) is 61.8 Å². The van der Waals surface area contributed by atoms with E-state index >= 15 is 4.79 Å². The monoisotopic (exact) mass is 1850 g/mol. The fourth-order valence-corrected chi connectivity index (χ4v) is 17.3. The summed E-state index contributed by atoms with van der Waals surface area (Å²) in [6.45, 7) is -0.824. The summed E-state index contributed by atoms with van der Waals surface area (Å²) in [7, 11) is -18.3. The lowest BCUT2D eigenvalue weighted by Crippen LogP contribution is -2.29. The minimum absolute atomic E-state index is 0.00203. The number of fused-ring (bicyclic) bond motifs is 4. The fourth-order valence-electron chi connectivity index (χ4n) is 14.9. The van der Waals surface area contributed by atoms with E-state index in [1.807, 2.05) is 0 Å². The minimum atomic E-state index is -5.57. The van der Waals surface area contributed by atoms with E-state index in [9.17, 15) is 105 Å². The van der Waals surface area contributed by atoms with Gasteiger partial charge in [-0.25, -0.2) is 9.59 Å². The predicted molar refractivity (Wildman–Crippen MR) is 464 cm³/mol. The molecular formula is C85H58N14O28S4. The Bertz CT molecular complexity index is 8020. The zero-order chi connectivity index (χ0) is 93.2. The number of carbonyl (C=O) groups excluding carboxylic acids is 6. The maximum atomic E-state index is 15.1. The van der Waals surface area contributed by atoms with Crippen LogP contribution in [0.15, 0.2) is 218 Å². The third-order valence-electron chi connectivity index (χ3n) is 20.4. The summed E-state index contributed by atoms with van der Waals surface area (Å²) in [5, 5.41) is 37.2. The summed E-state index contributed by atoms with van der Waals surface area (Å²) in [6, 6.07) is 38.9. The van der Waals surface area contributed by atoms with Gasteiger partial charge in [-0.15, -0.1) is 0 Å². The number of anilines is 10. The average Bonchev–Trinajstić information content (AvgIpc) is 0.709. The van der Waals surface area contributed by atoms with E-state index in [0.29, 0.717) is 11.6 Å². The highest BCUT2D eigenvalue weighted by molar-refractivity contribution is 7.86. The normalized spacial score (nSPS) is 12.1. The van der Waals surface area contributed by atoms with Crippen molar-refractivity contribution in [3.8, 4) is 57.3 Å². The molecule has 0 radical (unpaired) electrons. The van der Waals surface area contributed by atoms with Gasteiger partial charge in [0.25, 0.3) is 64.5 Å². The summed E-state index contributed by atoms with van der Waals surface area (Å²) in [6.07, 6.45) is 0. The van der Waals surface area contributed by atoms with Crippen LogP contribution >= 0.6 is 0 Å². The number of carboxylic acid groups (broad SMARTS) is 2. The minimum Gasteiger partial charge on any atom is -0.478 e. The largest absolute Gasteiger partial charge is 0.478 e. The second kappa shape index (κ2) is 34.2. The second-order valence-electron chi connectivity index (χ2n) is 28.7. The standard InChI is InChI=1S/C85H58N14O28S4/c1-98-60-22-20-55(66-68(60)64(51-15-6-8-17-53(51)74(66)104)70(76(98)106)72(102)40-11-4-3-5-12-40)88-45-19-24-62(130(118,119)120)58(33-45)91-83-93-81(95-85(97-83)127-49-30-43(79(110)111)28-47(35-49)125-39-101)87-26-25-86-80-92-82(96-84(94-80)126-48-29-42(78(108)109)27-46(34-48)124-38-100)90-57-36-59(63(131(121,122)123)32-44(57)37-128(112,113)114)89-56-21-23-61-69-65(52-16-7-9-18-54(52)75(105)67(56)69)71(77(107)99(61)2)73(103)41-13-10-14-50(31-41)129(115,116)117/h3-24,27-36,38-39,88-89H,25-26,37H2,1-2H3,(H,108,109)(H,110,111)(H,112,113,114)(H,115,116,117)(H,118,119,120)(H,121,122,123)(H2,86,90,92,94,96)(H2,87,91,93,95,97). The number of benzene rings is 10. The molecule has 16 rings (SSSR count). The van der Waals surface area contributed by atoms with Gasteiger partial charge in [-0.3, -0.25) is 56.6 Å². The first-order valence-electron chi connectivity index (χ1n) is 37.8. The molecule has 10 aromatic carbocycles. The molecule has 0 atom stereocenters. The van der Waals surface area contributed by atoms with Crippen LogP contribution in [-0.4, -0.2) is 162 Å². The Morgan fingerprint density at radius 3 is 1.31 bits per heavy atom. The molecule has 42 nitrogen and oxygen atoms in total. The van der Waals surface area contributed by atoms with Crippen molar-refractivity contribution in [3.05, 3.63) is 276 Å². The molecule has 0 fully saturated rings. The number of carbonyl (C=O) groups is 8. The zero-order valence-corrected chi connectivity index (χ0v) is 69.9. The highest BCUT2D eigenvalue weighted by Crippen LogP contribution is 2.48. The number of nitrogens with zero attached hydrogens (tertiary/aromatic N) is 8. The quantitative estimate of drug-likeness (QED) is 0.00806. The van der Waals surface area contributed by atoms with E-state index in [1.165, 1.54) is 97.5 Å². The molecule has 0 unspecified atom stereocenters. The molecule has 0 saturated carbocycles. The Balaban J connectivity index is 0.763. The molecule has 0 amide bonds. The molecule has 12 N–H and O–H groups in total. The Labute approximate surface area is 735 Å². The van der Waals surface area contributed by atoms with Crippen molar-refractivity contribution in [2.75, 3.05) is 45.0 Å². The second-order valence-corrected chi connectivity index (χ2v) is 34.3. The smallest absolute Gasteiger partial charge is 0.335 e. The van der Waals surface area contributed by atoms with Crippen LogP contribution in [0.3, 0.4) is 0 Å². The van der Waals surface area contributed by atoms with Crippen molar-refractivity contribution >= 4 is 168 Å². The third kappa shape index (κ3) is 17.6. The average molecular weight is 1850 g/mol. The third-order valence-corrected chi connectivity index (χ3v) is 23.8. The van der Waals surface area contributed by atoms with Crippen molar-refractivity contribution in [2.24, 2.45) is 14.1 Å². The van der Waals surface area contributed by atoms with E-state index in [1.54, 1.807) is 36.4 Å². The maximum absolute atomic E-state index is 15.1. The number of pyridine rings is 2. The Hall–Kier alpha value is -16.8. The zero-order valence-electron chi connectivity index (χ0n) is 66.6. The number of rotatable bonds is 32. The van der Waals surface area contributed by atoms with Crippen LogP contribution in [0.2, 0.25) is 0 Å². The Kier molecular flexibility index (Phi) is 22.9. The number of carboxylic acids is 2. The summed E-state index contributed by atoms with van der Waals surface area (Å²) in [4.78, 5) is 159. The van der Waals surface area contributed by atoms with Crippen molar-refractivity contribution in [3.63, 3.8) is 0 Å². The van der Waals surface area contributed by atoms with Gasteiger partial charge in [0.15, 0.2) is 23.1 Å². The van der Waals surface area contributed by atoms with Crippen LogP contribution in [-0.2, 0) is 69.9 Å². The number of ketones is 4.